The van der Waals surface area contributed by atoms with Crippen molar-refractivity contribution in [2.24, 2.45) is 0 Å². The van der Waals surface area contributed by atoms with Crippen molar-refractivity contribution in [2.45, 2.75) is 6.92 Å². The average molecular weight is 390 g/mol. The summed E-state index contributed by atoms with van der Waals surface area (Å²) in [6, 6.07) is 12.8. The first-order chi connectivity index (χ1) is 14.2. The Morgan fingerprint density at radius 1 is 1.00 bits per heavy atom. The van der Waals surface area contributed by atoms with E-state index in [1.54, 1.807) is 24.5 Å². The topological polar surface area (TPSA) is 92.3 Å². The van der Waals surface area contributed by atoms with Crippen LogP contribution in [0.2, 0.25) is 0 Å². The van der Waals surface area contributed by atoms with Gasteiger partial charge in [0.15, 0.2) is 0 Å². The number of pyridine rings is 1. The number of hydrogen-bond donors (Lipinski definition) is 2. The van der Waals surface area contributed by atoms with E-state index in [0.717, 1.165) is 30.4 Å². The second-order valence-corrected chi connectivity index (χ2v) is 6.65. The Labute approximate surface area is 169 Å². The monoisotopic (exact) mass is 390 g/mol. The molecule has 1 fully saturated rings. The fourth-order valence-electron chi connectivity index (χ4n) is 3.06. The number of rotatable bonds is 5. The number of carbonyl (C=O) groups is 1. The van der Waals surface area contributed by atoms with Crippen LogP contribution in [-0.4, -0.2) is 47.2 Å². The SMILES string of the molecule is Cc1nc(Nc2ccc(NC(=O)c3ccncc3)cc2)cc(N2CCOCC2)n1. The first-order valence-corrected chi connectivity index (χ1v) is 9.44. The number of nitrogens with zero attached hydrogens (tertiary/aromatic N) is 4. The zero-order valence-corrected chi connectivity index (χ0v) is 16.1. The van der Waals surface area contributed by atoms with E-state index in [-0.39, 0.29) is 5.91 Å². The van der Waals surface area contributed by atoms with E-state index in [4.69, 9.17) is 4.74 Å². The van der Waals surface area contributed by atoms with Crippen molar-refractivity contribution in [1.82, 2.24) is 15.0 Å². The Morgan fingerprint density at radius 3 is 2.41 bits per heavy atom. The third-order valence-corrected chi connectivity index (χ3v) is 4.52. The van der Waals surface area contributed by atoms with Crippen LogP contribution in [0.1, 0.15) is 16.2 Å². The van der Waals surface area contributed by atoms with E-state index >= 15 is 0 Å². The summed E-state index contributed by atoms with van der Waals surface area (Å²) in [5.41, 5.74) is 2.15. The molecular formula is C21H22N6O2. The average Bonchev–Trinajstić information content (AvgIpc) is 2.76. The molecular weight excluding hydrogens is 368 g/mol. The van der Waals surface area contributed by atoms with Crippen molar-refractivity contribution in [2.75, 3.05) is 41.8 Å². The highest BCUT2D eigenvalue weighted by Crippen LogP contribution is 2.22. The molecule has 1 aliphatic heterocycles. The minimum Gasteiger partial charge on any atom is -0.378 e. The molecule has 1 saturated heterocycles. The van der Waals surface area contributed by atoms with Gasteiger partial charge in [0, 0.05) is 48.5 Å². The van der Waals surface area contributed by atoms with Crippen LogP contribution in [-0.2, 0) is 4.74 Å². The summed E-state index contributed by atoms with van der Waals surface area (Å²) in [6.07, 6.45) is 3.19. The first kappa shape index (κ1) is 18.8. The van der Waals surface area contributed by atoms with E-state index in [1.165, 1.54) is 0 Å². The maximum Gasteiger partial charge on any atom is 0.255 e. The number of amides is 1. The summed E-state index contributed by atoms with van der Waals surface area (Å²) in [6.45, 7) is 4.94. The summed E-state index contributed by atoms with van der Waals surface area (Å²) in [7, 11) is 0. The van der Waals surface area contributed by atoms with Gasteiger partial charge < -0.3 is 20.3 Å². The predicted octanol–water partition coefficient (Wildman–Crippen LogP) is 3.01. The molecule has 0 saturated carbocycles. The van der Waals surface area contributed by atoms with E-state index in [0.29, 0.717) is 30.3 Å². The number of hydrogen-bond acceptors (Lipinski definition) is 7. The number of nitrogens with one attached hydrogen (secondary N) is 2. The van der Waals surface area contributed by atoms with E-state index in [2.05, 4.69) is 30.5 Å². The third-order valence-electron chi connectivity index (χ3n) is 4.52. The van der Waals surface area contributed by atoms with E-state index in [9.17, 15) is 4.79 Å². The lowest BCUT2D eigenvalue weighted by Gasteiger charge is -2.28. The lowest BCUT2D eigenvalue weighted by atomic mass is 10.2. The molecule has 2 aromatic heterocycles. The van der Waals surface area contributed by atoms with Crippen LogP contribution in [0.3, 0.4) is 0 Å². The molecule has 8 heteroatoms. The normalized spacial score (nSPS) is 13.8. The van der Waals surface area contributed by atoms with Gasteiger partial charge in [0.25, 0.3) is 5.91 Å². The predicted molar refractivity (Wildman–Crippen MR) is 112 cm³/mol. The van der Waals surface area contributed by atoms with Gasteiger partial charge in [-0.2, -0.15) is 0 Å². The molecule has 29 heavy (non-hydrogen) atoms. The molecule has 0 spiro atoms. The van der Waals surface area contributed by atoms with Gasteiger partial charge in [-0.3, -0.25) is 9.78 Å². The standard InChI is InChI=1S/C21H22N6O2/c1-15-23-19(14-20(24-15)27-10-12-29-13-11-27)25-17-2-4-18(5-3-17)26-21(28)16-6-8-22-9-7-16/h2-9,14H,10-13H2,1H3,(H,26,28)(H,23,24,25). The molecule has 0 aliphatic carbocycles. The quantitative estimate of drug-likeness (QED) is 0.692. The van der Waals surface area contributed by atoms with Crippen LogP contribution in [0.15, 0.2) is 54.9 Å². The highest BCUT2D eigenvalue weighted by molar-refractivity contribution is 6.04. The molecule has 1 aliphatic rings. The van der Waals surface area contributed by atoms with Crippen molar-refractivity contribution in [1.29, 1.82) is 0 Å². The Kier molecular flexibility index (Phi) is 5.62. The number of aromatic nitrogens is 3. The van der Waals surface area contributed by atoms with Crippen LogP contribution in [0.5, 0.6) is 0 Å². The van der Waals surface area contributed by atoms with Crippen molar-refractivity contribution >= 4 is 28.9 Å². The zero-order valence-electron chi connectivity index (χ0n) is 16.1. The van der Waals surface area contributed by atoms with Gasteiger partial charge >= 0.3 is 0 Å². The number of carbonyl (C=O) groups excluding carboxylic acids is 1. The summed E-state index contributed by atoms with van der Waals surface area (Å²) < 4.78 is 5.41. The fourth-order valence-corrected chi connectivity index (χ4v) is 3.06. The molecule has 1 aromatic carbocycles. The second-order valence-electron chi connectivity index (χ2n) is 6.65. The highest BCUT2D eigenvalue weighted by Gasteiger charge is 2.14. The van der Waals surface area contributed by atoms with Gasteiger partial charge in [0.1, 0.15) is 17.5 Å². The van der Waals surface area contributed by atoms with Gasteiger partial charge in [-0.1, -0.05) is 0 Å². The summed E-state index contributed by atoms with van der Waals surface area (Å²) >= 11 is 0. The number of ether oxygens (including phenoxy) is 1. The van der Waals surface area contributed by atoms with Crippen molar-refractivity contribution < 1.29 is 9.53 Å². The molecule has 0 unspecified atom stereocenters. The molecule has 8 nitrogen and oxygen atoms in total. The molecule has 0 radical (unpaired) electrons. The Bertz CT molecular complexity index is 972. The smallest absolute Gasteiger partial charge is 0.255 e. The van der Waals surface area contributed by atoms with Crippen LogP contribution in [0.4, 0.5) is 23.0 Å². The van der Waals surface area contributed by atoms with Gasteiger partial charge in [0.05, 0.1) is 13.2 Å². The minimum absolute atomic E-state index is 0.172. The minimum atomic E-state index is -0.172. The lowest BCUT2D eigenvalue weighted by Crippen LogP contribution is -2.36. The summed E-state index contributed by atoms with van der Waals surface area (Å²) in [5, 5.41) is 6.18. The second kappa shape index (κ2) is 8.66. The molecule has 4 rings (SSSR count). The van der Waals surface area contributed by atoms with Crippen molar-refractivity contribution in [3.63, 3.8) is 0 Å². The molecule has 148 valence electrons. The van der Waals surface area contributed by atoms with Gasteiger partial charge in [-0.25, -0.2) is 9.97 Å². The lowest BCUT2D eigenvalue weighted by molar-refractivity contribution is 0.102. The van der Waals surface area contributed by atoms with Crippen molar-refractivity contribution in [3.05, 3.63) is 66.2 Å². The van der Waals surface area contributed by atoms with Crippen LogP contribution in [0.25, 0.3) is 0 Å². The zero-order chi connectivity index (χ0) is 20.1. The molecule has 3 aromatic rings. The number of benzene rings is 1. The number of anilines is 4. The Morgan fingerprint density at radius 2 is 1.69 bits per heavy atom. The molecule has 1 amide bonds. The van der Waals surface area contributed by atoms with Gasteiger partial charge in [-0.15, -0.1) is 0 Å². The fraction of sp³-hybridized carbons (Fsp3) is 0.238. The van der Waals surface area contributed by atoms with Gasteiger partial charge in [0.2, 0.25) is 0 Å². The Hall–Kier alpha value is -3.52. The summed E-state index contributed by atoms with van der Waals surface area (Å²) in [4.78, 5) is 27.4. The van der Waals surface area contributed by atoms with Crippen molar-refractivity contribution in [3.8, 4) is 0 Å². The number of morpholine rings is 1. The number of aryl methyl sites for hydroxylation is 1. The molecule has 0 atom stereocenters. The maximum absolute atomic E-state index is 12.2. The van der Waals surface area contributed by atoms with Crippen LogP contribution >= 0.6 is 0 Å². The van der Waals surface area contributed by atoms with Crippen LogP contribution < -0.4 is 15.5 Å². The van der Waals surface area contributed by atoms with Gasteiger partial charge in [-0.05, 0) is 43.3 Å². The maximum atomic E-state index is 12.2. The molecule has 0 bridgehead atoms. The summed E-state index contributed by atoms with van der Waals surface area (Å²) in [5.74, 6) is 2.16. The third kappa shape index (κ3) is 4.85. The first-order valence-electron chi connectivity index (χ1n) is 9.44. The highest BCUT2D eigenvalue weighted by atomic mass is 16.5. The largest absolute Gasteiger partial charge is 0.378 e. The Balaban J connectivity index is 1.43. The molecule has 2 N–H and O–H groups in total. The molecule has 3 heterocycles. The van der Waals surface area contributed by atoms with E-state index in [1.807, 2.05) is 37.3 Å². The van der Waals surface area contributed by atoms with E-state index < -0.39 is 0 Å². The van der Waals surface area contributed by atoms with Crippen LogP contribution in [0, 0.1) is 6.92 Å².